The molecule has 0 unspecified atom stereocenters. The minimum atomic E-state index is -1.81. The molecule has 14 heteroatoms. The van der Waals surface area contributed by atoms with E-state index in [9.17, 15) is 28.7 Å². The van der Waals surface area contributed by atoms with Crippen LogP contribution >= 0.6 is 23.2 Å². The van der Waals surface area contributed by atoms with Crippen LogP contribution in [0, 0.1) is 34.7 Å². The summed E-state index contributed by atoms with van der Waals surface area (Å²) < 4.78 is 45.8. The van der Waals surface area contributed by atoms with Crippen molar-refractivity contribution in [1.82, 2.24) is 19.4 Å². The number of carbonyl (C=O) groups is 1. The van der Waals surface area contributed by atoms with Gasteiger partial charge in [0.05, 0.1) is 33.7 Å². The van der Waals surface area contributed by atoms with Crippen molar-refractivity contribution in [3.63, 3.8) is 0 Å². The Hall–Kier alpha value is -4.47. The van der Waals surface area contributed by atoms with Gasteiger partial charge in [0.15, 0.2) is 17.4 Å². The van der Waals surface area contributed by atoms with E-state index in [1.165, 1.54) is 16.7 Å². The Bertz CT molecular complexity index is 2010. The molecule has 0 bridgehead atoms. The highest BCUT2D eigenvalue weighted by atomic mass is 35.5. The molecule has 2 aliphatic heterocycles. The van der Waals surface area contributed by atoms with Crippen LogP contribution in [0.1, 0.15) is 40.2 Å². The van der Waals surface area contributed by atoms with Crippen LogP contribution < -0.4 is 10.5 Å². The lowest BCUT2D eigenvalue weighted by molar-refractivity contribution is -0.130. The standard InChI is InChI=1S/C34H33Cl2F3N6O3/c1-8-22(46)44-17(5)13-43(14-18(44)6)31-19-11-21(35)28(23-25(37)24(36)26(38)27(39)32(23)47)41-33(19)45(34(48)20(31)12-40)30-16(4)9-10-42(7)29(30)15(2)3/h8-11,15,17-18,29,47H,1,13-14H2,2-7H3/t17-,18+,29-/m1/s1. The number of amides is 1. The second kappa shape index (κ2) is 12.9. The maximum Gasteiger partial charge on any atom is 0.276 e. The van der Waals surface area contributed by atoms with Gasteiger partial charge in [-0.25, -0.2) is 13.8 Å². The van der Waals surface area contributed by atoms with Gasteiger partial charge in [0.25, 0.3) is 5.56 Å². The van der Waals surface area contributed by atoms with Gasteiger partial charge >= 0.3 is 0 Å². The molecule has 1 aromatic carbocycles. The number of likely N-dealkylation sites (N-methyl/N-ethyl adjacent to an activating group) is 1. The fraction of sp³-hybridized carbons (Fsp3) is 0.353. The summed E-state index contributed by atoms with van der Waals surface area (Å²) in [5, 5.41) is 19.8. The number of hydrogen-bond acceptors (Lipinski definition) is 7. The van der Waals surface area contributed by atoms with Gasteiger partial charge in [0.1, 0.15) is 22.3 Å². The second-order valence-corrected chi connectivity index (χ2v) is 13.2. The number of carbonyl (C=O) groups excluding carboxylic acids is 1. The number of piperazine rings is 1. The molecule has 1 saturated heterocycles. The molecule has 9 nitrogen and oxygen atoms in total. The number of phenols is 1. The van der Waals surface area contributed by atoms with Crippen LogP contribution in [0.3, 0.4) is 0 Å². The normalized spacial score (nSPS) is 19.8. The van der Waals surface area contributed by atoms with Gasteiger partial charge in [-0.05, 0) is 56.7 Å². The second-order valence-electron chi connectivity index (χ2n) is 12.4. The van der Waals surface area contributed by atoms with Crippen molar-refractivity contribution in [3.05, 3.63) is 80.0 Å². The van der Waals surface area contributed by atoms with E-state index >= 15 is 4.39 Å². The Morgan fingerprint density at radius 2 is 1.79 bits per heavy atom. The van der Waals surface area contributed by atoms with E-state index in [1.54, 1.807) is 22.8 Å². The molecule has 252 valence electrons. The van der Waals surface area contributed by atoms with Crippen LogP contribution in [0.5, 0.6) is 5.75 Å². The number of pyridine rings is 2. The number of halogens is 5. The number of nitrogens with zero attached hydrogens (tertiary/aromatic N) is 6. The maximum absolute atomic E-state index is 15.5. The summed E-state index contributed by atoms with van der Waals surface area (Å²) in [6.07, 6.45) is 4.87. The van der Waals surface area contributed by atoms with Gasteiger partial charge in [-0.3, -0.25) is 14.2 Å². The molecule has 0 radical (unpaired) electrons. The van der Waals surface area contributed by atoms with E-state index in [-0.39, 0.29) is 64.3 Å². The summed E-state index contributed by atoms with van der Waals surface area (Å²) in [5.74, 6) is -6.85. The lowest BCUT2D eigenvalue weighted by atomic mass is 9.93. The molecular weight excluding hydrogens is 668 g/mol. The summed E-state index contributed by atoms with van der Waals surface area (Å²) in [4.78, 5) is 37.2. The maximum atomic E-state index is 15.5. The highest BCUT2D eigenvalue weighted by molar-refractivity contribution is 6.34. The van der Waals surface area contributed by atoms with Crippen molar-refractivity contribution in [1.29, 1.82) is 5.26 Å². The smallest absolute Gasteiger partial charge is 0.276 e. The van der Waals surface area contributed by atoms with E-state index in [0.717, 1.165) is 0 Å². The van der Waals surface area contributed by atoms with Crippen molar-refractivity contribution in [3.8, 4) is 23.1 Å². The third-order valence-corrected chi connectivity index (χ3v) is 9.51. The molecule has 3 aromatic rings. The van der Waals surface area contributed by atoms with Gasteiger partial charge < -0.3 is 19.8 Å². The SMILES string of the molecule is C=CC(=O)N1[C@H](C)CN(c2c(C#N)c(=O)n(C3=C(C)C=CN(C)[C@@H]3C(C)C)c3nc(-c4c(O)c(F)c(F)c(Cl)c4F)c(Cl)cc23)C[C@@H]1C. The third kappa shape index (κ3) is 5.39. The van der Waals surface area contributed by atoms with Crippen molar-refractivity contribution >= 4 is 51.5 Å². The Labute approximate surface area is 285 Å². The van der Waals surface area contributed by atoms with Crippen LogP contribution in [-0.4, -0.2) is 68.6 Å². The van der Waals surface area contributed by atoms with Crippen molar-refractivity contribution in [2.24, 2.45) is 5.92 Å². The Morgan fingerprint density at radius 3 is 2.35 bits per heavy atom. The van der Waals surface area contributed by atoms with E-state index in [1.807, 2.05) is 45.8 Å². The van der Waals surface area contributed by atoms with Crippen LogP contribution in [-0.2, 0) is 4.79 Å². The predicted molar refractivity (Wildman–Crippen MR) is 180 cm³/mol. The molecule has 1 fully saturated rings. The monoisotopic (exact) mass is 700 g/mol. The number of anilines is 1. The van der Waals surface area contributed by atoms with Crippen molar-refractivity contribution in [2.45, 2.75) is 52.7 Å². The Kier molecular flexibility index (Phi) is 9.34. The number of aromatic hydroxyl groups is 1. The molecule has 1 amide bonds. The summed E-state index contributed by atoms with van der Waals surface area (Å²) in [6.45, 7) is 13.4. The number of aromatic nitrogens is 2. The highest BCUT2D eigenvalue weighted by Crippen LogP contribution is 2.44. The van der Waals surface area contributed by atoms with Gasteiger partial charge in [-0.2, -0.15) is 9.65 Å². The largest absolute Gasteiger partial charge is 0.504 e. The molecule has 1 N–H and O–H groups in total. The zero-order valence-corrected chi connectivity index (χ0v) is 28.6. The molecule has 0 saturated carbocycles. The molecule has 0 aliphatic carbocycles. The van der Waals surface area contributed by atoms with Gasteiger partial charge in [0, 0.05) is 37.6 Å². The summed E-state index contributed by atoms with van der Waals surface area (Å²) >= 11 is 12.5. The Morgan fingerprint density at radius 1 is 1.17 bits per heavy atom. The predicted octanol–water partition coefficient (Wildman–Crippen LogP) is 6.69. The number of fused-ring (bicyclic) bond motifs is 1. The third-order valence-electron chi connectivity index (χ3n) is 8.89. The number of rotatable bonds is 5. The first-order valence-corrected chi connectivity index (χ1v) is 15.9. The summed E-state index contributed by atoms with van der Waals surface area (Å²) in [7, 11) is 1.83. The number of phenolic OH excluding ortho intramolecular Hbond substituents is 1. The first-order valence-electron chi connectivity index (χ1n) is 15.1. The lowest BCUT2D eigenvalue weighted by Crippen LogP contribution is -2.58. The van der Waals surface area contributed by atoms with E-state index in [0.29, 0.717) is 11.3 Å². The van der Waals surface area contributed by atoms with Crippen LogP contribution in [0.15, 0.2) is 41.4 Å². The van der Waals surface area contributed by atoms with Gasteiger partial charge in [-0.15, -0.1) is 0 Å². The van der Waals surface area contributed by atoms with E-state index < -0.39 is 51.1 Å². The van der Waals surface area contributed by atoms with Crippen LogP contribution in [0.2, 0.25) is 10.0 Å². The topological polar surface area (TPSA) is 106 Å². The van der Waals surface area contributed by atoms with E-state index in [2.05, 4.69) is 17.6 Å². The van der Waals surface area contributed by atoms with Gasteiger partial charge in [-0.1, -0.05) is 43.6 Å². The average molecular weight is 702 g/mol. The minimum Gasteiger partial charge on any atom is -0.504 e. The average Bonchev–Trinajstić information content (AvgIpc) is 3.03. The van der Waals surface area contributed by atoms with Crippen LogP contribution in [0.4, 0.5) is 18.9 Å². The lowest BCUT2D eigenvalue weighted by Gasteiger charge is -2.45. The molecule has 2 aromatic heterocycles. The first-order chi connectivity index (χ1) is 22.6. The molecular formula is C34H33Cl2F3N6O3. The summed E-state index contributed by atoms with van der Waals surface area (Å²) in [6, 6.07) is 2.29. The Balaban J connectivity index is 1.94. The fourth-order valence-corrected chi connectivity index (χ4v) is 7.33. The molecule has 2 aliphatic rings. The number of nitriles is 1. The number of benzene rings is 1. The first kappa shape index (κ1) is 34.9. The quantitative estimate of drug-likeness (QED) is 0.180. The molecule has 4 heterocycles. The number of allylic oxidation sites excluding steroid dienone is 2. The molecule has 0 spiro atoms. The zero-order valence-electron chi connectivity index (χ0n) is 27.1. The van der Waals surface area contributed by atoms with Crippen LogP contribution in [0.25, 0.3) is 28.0 Å². The zero-order chi connectivity index (χ0) is 35.5. The van der Waals surface area contributed by atoms with E-state index in [4.69, 9.17) is 23.2 Å². The number of hydrogen-bond donors (Lipinski definition) is 1. The molecule has 48 heavy (non-hydrogen) atoms. The van der Waals surface area contributed by atoms with Crippen molar-refractivity contribution < 1.29 is 23.1 Å². The molecule has 5 rings (SSSR count). The van der Waals surface area contributed by atoms with Crippen molar-refractivity contribution in [2.75, 3.05) is 25.0 Å². The highest BCUT2D eigenvalue weighted by Gasteiger charge is 2.37. The van der Waals surface area contributed by atoms with Gasteiger partial charge in [0.2, 0.25) is 11.7 Å². The molecule has 3 atom stereocenters. The fourth-order valence-electron chi connectivity index (χ4n) is 6.91. The summed E-state index contributed by atoms with van der Waals surface area (Å²) in [5.41, 5.74) is -1.11. The minimum absolute atomic E-state index is 0.0625.